The lowest BCUT2D eigenvalue weighted by atomic mass is 10.1. The number of carbonyl (C=O) groups excluding carboxylic acids is 1. The number of anilines is 1. The van der Waals surface area contributed by atoms with Gasteiger partial charge in [0.05, 0.1) is 16.2 Å². The molecule has 0 spiro atoms. The molecule has 0 unspecified atom stereocenters. The van der Waals surface area contributed by atoms with E-state index in [1.807, 2.05) is 0 Å². The summed E-state index contributed by atoms with van der Waals surface area (Å²) >= 11 is 1.76. The monoisotopic (exact) mass is 359 g/mol. The predicted octanol–water partition coefficient (Wildman–Crippen LogP) is 4.13. The van der Waals surface area contributed by atoms with Crippen molar-refractivity contribution in [1.82, 2.24) is 4.90 Å². The molecule has 1 aliphatic heterocycles. The number of nitro groups is 1. The maximum absolute atomic E-state index is 12.3. The van der Waals surface area contributed by atoms with Crippen LogP contribution in [0.1, 0.15) is 35.7 Å². The van der Waals surface area contributed by atoms with E-state index in [9.17, 15) is 14.9 Å². The zero-order chi connectivity index (χ0) is 17.8. The van der Waals surface area contributed by atoms with Crippen molar-refractivity contribution in [1.29, 1.82) is 0 Å². The van der Waals surface area contributed by atoms with Crippen molar-refractivity contribution in [3.8, 4) is 0 Å². The number of amides is 1. The number of nitrogens with one attached hydrogen (secondary N) is 1. The van der Waals surface area contributed by atoms with Crippen LogP contribution in [0.25, 0.3) is 0 Å². The molecule has 1 N–H and O–H groups in total. The van der Waals surface area contributed by atoms with Crippen LogP contribution in [0.2, 0.25) is 0 Å². The Morgan fingerprint density at radius 3 is 2.96 bits per heavy atom. The first kappa shape index (κ1) is 17.6. The summed E-state index contributed by atoms with van der Waals surface area (Å²) in [4.78, 5) is 26.6. The van der Waals surface area contributed by atoms with Gasteiger partial charge >= 0.3 is 0 Å². The number of nitro benzene ring substituents is 1. The van der Waals surface area contributed by atoms with Gasteiger partial charge in [-0.15, -0.1) is 11.3 Å². The van der Waals surface area contributed by atoms with E-state index in [0.717, 1.165) is 19.4 Å². The Hall–Kier alpha value is -2.25. The van der Waals surface area contributed by atoms with Gasteiger partial charge in [0.25, 0.3) is 5.69 Å². The largest absolute Gasteiger partial charge is 0.326 e. The Morgan fingerprint density at radius 2 is 2.24 bits per heavy atom. The lowest BCUT2D eigenvalue weighted by Gasteiger charge is -2.23. The van der Waals surface area contributed by atoms with Crippen molar-refractivity contribution in [2.24, 2.45) is 0 Å². The zero-order valence-corrected chi connectivity index (χ0v) is 14.9. The number of thiophene rings is 1. The average Bonchev–Trinajstić information content (AvgIpc) is 3.25. The van der Waals surface area contributed by atoms with Crippen molar-refractivity contribution >= 4 is 28.6 Å². The normalized spacial score (nSPS) is 17.6. The number of nitrogens with zero attached hydrogens (tertiary/aromatic N) is 2. The molecule has 0 radical (unpaired) electrons. The van der Waals surface area contributed by atoms with Crippen LogP contribution in [-0.2, 0) is 4.79 Å². The third kappa shape index (κ3) is 4.05. The van der Waals surface area contributed by atoms with Gasteiger partial charge in [-0.1, -0.05) is 12.1 Å². The van der Waals surface area contributed by atoms with E-state index < -0.39 is 4.92 Å². The van der Waals surface area contributed by atoms with Crippen LogP contribution in [0.3, 0.4) is 0 Å². The van der Waals surface area contributed by atoms with E-state index in [1.54, 1.807) is 30.4 Å². The maximum Gasteiger partial charge on any atom is 0.274 e. The van der Waals surface area contributed by atoms with Crippen LogP contribution in [-0.4, -0.2) is 28.8 Å². The molecular weight excluding hydrogens is 338 g/mol. The van der Waals surface area contributed by atoms with Crippen molar-refractivity contribution in [2.45, 2.75) is 32.2 Å². The third-order valence-electron chi connectivity index (χ3n) is 4.64. The number of benzene rings is 1. The van der Waals surface area contributed by atoms with Crippen LogP contribution in [0.5, 0.6) is 0 Å². The number of hydrogen-bond acceptors (Lipinski definition) is 5. The summed E-state index contributed by atoms with van der Waals surface area (Å²) in [6.07, 6.45) is 2.66. The quantitative estimate of drug-likeness (QED) is 0.621. The van der Waals surface area contributed by atoms with E-state index in [2.05, 4.69) is 27.7 Å². The smallest absolute Gasteiger partial charge is 0.274 e. The highest BCUT2D eigenvalue weighted by Gasteiger charge is 2.26. The van der Waals surface area contributed by atoms with Crippen LogP contribution < -0.4 is 5.32 Å². The summed E-state index contributed by atoms with van der Waals surface area (Å²) in [7, 11) is 0. The number of carbonyl (C=O) groups is 1. The summed E-state index contributed by atoms with van der Waals surface area (Å²) < 4.78 is 0. The molecule has 1 saturated heterocycles. The zero-order valence-electron chi connectivity index (χ0n) is 14.1. The van der Waals surface area contributed by atoms with Crippen molar-refractivity contribution in [3.05, 3.63) is 56.3 Å². The maximum atomic E-state index is 12.3. The van der Waals surface area contributed by atoms with E-state index in [0.29, 0.717) is 30.3 Å². The highest BCUT2D eigenvalue weighted by molar-refractivity contribution is 7.10. The van der Waals surface area contributed by atoms with Crippen molar-refractivity contribution in [3.63, 3.8) is 0 Å². The Kier molecular flexibility index (Phi) is 5.45. The highest BCUT2D eigenvalue weighted by atomic mass is 32.1. The molecule has 1 atom stereocenters. The molecule has 25 heavy (non-hydrogen) atoms. The van der Waals surface area contributed by atoms with Gasteiger partial charge in [0.2, 0.25) is 5.91 Å². The Balaban J connectivity index is 1.58. The summed E-state index contributed by atoms with van der Waals surface area (Å²) in [6.45, 7) is 3.36. The molecule has 1 amide bonds. The third-order valence-corrected chi connectivity index (χ3v) is 5.61. The van der Waals surface area contributed by atoms with E-state index in [4.69, 9.17) is 0 Å². The van der Waals surface area contributed by atoms with Crippen molar-refractivity contribution in [2.75, 3.05) is 18.4 Å². The molecular formula is C18H21N3O3S. The molecule has 0 saturated carbocycles. The fourth-order valence-electron chi connectivity index (χ4n) is 3.31. The summed E-state index contributed by atoms with van der Waals surface area (Å²) in [5.41, 5.74) is 1.02. The van der Waals surface area contributed by atoms with Crippen LogP contribution in [0.15, 0.2) is 35.7 Å². The molecule has 1 aliphatic rings. The molecule has 132 valence electrons. The van der Waals surface area contributed by atoms with Crippen LogP contribution in [0.4, 0.5) is 11.4 Å². The van der Waals surface area contributed by atoms with Gasteiger partial charge in [0, 0.05) is 30.0 Å². The molecule has 3 rings (SSSR count). The predicted molar refractivity (Wildman–Crippen MR) is 98.9 cm³/mol. The first-order chi connectivity index (χ1) is 12.1. The molecule has 6 nitrogen and oxygen atoms in total. The first-order valence-corrected chi connectivity index (χ1v) is 9.25. The standard InChI is InChI=1S/C18H21N3O3S/c1-13-14(5-2-6-15(13)21(23)24)19-18(22)9-11-20-10-3-7-16(20)17-8-4-12-25-17/h2,4-6,8,12,16H,3,7,9-11H2,1H3,(H,19,22)/t16-/m1/s1. The van der Waals surface area contributed by atoms with E-state index in [1.165, 1.54) is 10.9 Å². The number of hydrogen-bond donors (Lipinski definition) is 1. The van der Waals surface area contributed by atoms with E-state index >= 15 is 0 Å². The molecule has 1 aromatic heterocycles. The second-order valence-electron chi connectivity index (χ2n) is 6.21. The minimum absolute atomic E-state index is 0.0232. The Bertz CT molecular complexity index is 761. The fourth-order valence-corrected chi connectivity index (χ4v) is 4.21. The molecule has 7 heteroatoms. The lowest BCUT2D eigenvalue weighted by Crippen LogP contribution is -2.27. The topological polar surface area (TPSA) is 75.5 Å². The van der Waals surface area contributed by atoms with Gasteiger partial charge in [0.1, 0.15) is 0 Å². The van der Waals surface area contributed by atoms with Gasteiger partial charge in [0.15, 0.2) is 0 Å². The minimum atomic E-state index is -0.430. The Morgan fingerprint density at radius 1 is 1.40 bits per heavy atom. The van der Waals surface area contributed by atoms with Crippen molar-refractivity contribution < 1.29 is 9.72 Å². The molecule has 1 aromatic carbocycles. The summed E-state index contributed by atoms with van der Waals surface area (Å²) in [5.74, 6) is -0.111. The molecule has 0 bridgehead atoms. The molecule has 2 aromatic rings. The van der Waals surface area contributed by atoms with Gasteiger partial charge in [-0.3, -0.25) is 19.8 Å². The Labute approximate surface area is 150 Å². The summed E-state index contributed by atoms with van der Waals surface area (Å²) in [5, 5.41) is 15.9. The van der Waals surface area contributed by atoms with Gasteiger partial charge in [-0.2, -0.15) is 0 Å². The second kappa shape index (κ2) is 7.76. The summed E-state index contributed by atoms with van der Waals surface area (Å²) in [6, 6.07) is 9.36. The highest BCUT2D eigenvalue weighted by Crippen LogP contribution is 2.34. The average molecular weight is 359 g/mol. The second-order valence-corrected chi connectivity index (χ2v) is 7.19. The van der Waals surface area contributed by atoms with Gasteiger partial charge in [-0.05, 0) is 43.8 Å². The molecule has 2 heterocycles. The molecule has 1 fully saturated rings. The SMILES string of the molecule is Cc1c(NC(=O)CCN2CCC[C@@H]2c2cccs2)cccc1[N+](=O)[O-]. The fraction of sp³-hybridized carbons (Fsp3) is 0.389. The van der Waals surface area contributed by atoms with Crippen LogP contribution >= 0.6 is 11.3 Å². The van der Waals surface area contributed by atoms with Gasteiger partial charge < -0.3 is 5.32 Å². The minimum Gasteiger partial charge on any atom is -0.326 e. The number of rotatable bonds is 6. The number of likely N-dealkylation sites (tertiary alicyclic amines) is 1. The van der Waals surface area contributed by atoms with Crippen LogP contribution in [0, 0.1) is 17.0 Å². The molecule has 0 aliphatic carbocycles. The van der Waals surface area contributed by atoms with E-state index in [-0.39, 0.29) is 11.6 Å². The lowest BCUT2D eigenvalue weighted by molar-refractivity contribution is -0.385. The van der Waals surface area contributed by atoms with Gasteiger partial charge in [-0.25, -0.2) is 0 Å². The first-order valence-electron chi connectivity index (χ1n) is 8.37.